The number of hydrogen-bond acceptors (Lipinski definition) is 2. The summed E-state index contributed by atoms with van der Waals surface area (Å²) in [7, 11) is 1.59. The molecule has 6 heavy (non-hydrogen) atoms. The van der Waals surface area contributed by atoms with E-state index < -0.39 is 0 Å². The molecule has 0 amide bonds. The molecule has 0 heterocycles. The number of hydrogen-bond donors (Lipinski definition) is 1. The molecule has 0 saturated carbocycles. The molecular weight excluding hydrogens is 80.0 g/mol. The molecule has 0 rings (SSSR count). The molecule has 1 N–H and O–H groups in total. The van der Waals surface area contributed by atoms with Gasteiger partial charge in [0.15, 0.2) is 0 Å². The second-order valence-corrected chi connectivity index (χ2v) is 0.927. The van der Waals surface area contributed by atoms with Crippen molar-refractivity contribution in [3.8, 4) is 0 Å². The van der Waals surface area contributed by atoms with Gasteiger partial charge in [0.25, 0.3) is 0 Å². The predicted octanol–water partition coefficient (Wildman–Crippen LogP) is -0.171. The van der Waals surface area contributed by atoms with Crippen molar-refractivity contribution < 1.29 is 9.84 Å². The van der Waals surface area contributed by atoms with Crippen molar-refractivity contribution in [3.05, 3.63) is 6.42 Å². The Kier molecular flexibility index (Phi) is 4.85. The van der Waals surface area contributed by atoms with E-state index in [1.165, 1.54) is 0 Å². The minimum Gasteiger partial charge on any atom is -0.396 e. The van der Waals surface area contributed by atoms with Gasteiger partial charge in [0.1, 0.15) is 0 Å². The number of ether oxygens (including phenoxy) is 1. The van der Waals surface area contributed by atoms with Crippen LogP contribution in [0.4, 0.5) is 0 Å². The van der Waals surface area contributed by atoms with Crippen LogP contribution in [0.1, 0.15) is 0 Å². The maximum absolute atomic E-state index is 8.06. The third-order valence-corrected chi connectivity index (χ3v) is 0.414. The topological polar surface area (TPSA) is 29.5 Å². The quantitative estimate of drug-likeness (QED) is 0.486. The molecule has 0 aromatic rings. The normalized spacial score (nSPS) is 9.00. The van der Waals surface area contributed by atoms with Crippen LogP contribution in [0.3, 0.4) is 0 Å². The molecule has 0 aliphatic carbocycles. The summed E-state index contributed by atoms with van der Waals surface area (Å²) < 4.78 is 4.57. The summed E-state index contributed by atoms with van der Waals surface area (Å²) in [6, 6.07) is 0. The van der Waals surface area contributed by atoms with Crippen LogP contribution < -0.4 is 0 Å². The second kappa shape index (κ2) is 4.92. The van der Waals surface area contributed by atoms with Crippen molar-refractivity contribution in [2.45, 2.75) is 0 Å². The van der Waals surface area contributed by atoms with Crippen molar-refractivity contribution in [1.29, 1.82) is 0 Å². The van der Waals surface area contributed by atoms with Crippen LogP contribution in [-0.2, 0) is 4.74 Å². The van der Waals surface area contributed by atoms with Gasteiger partial charge in [0.05, 0.1) is 6.61 Å². The van der Waals surface area contributed by atoms with E-state index in [4.69, 9.17) is 5.11 Å². The predicted molar refractivity (Wildman–Crippen MR) is 23.3 cm³/mol. The lowest BCUT2D eigenvalue weighted by molar-refractivity contribution is 0.204. The minimum atomic E-state index is 0.105. The average molecular weight is 89.1 g/mol. The van der Waals surface area contributed by atoms with Crippen LogP contribution in [0.2, 0.25) is 0 Å². The highest BCUT2D eigenvalue weighted by molar-refractivity contribution is 4.57. The maximum atomic E-state index is 8.06. The lowest BCUT2D eigenvalue weighted by atomic mass is 10.5. The van der Waals surface area contributed by atoms with E-state index in [1.54, 1.807) is 13.5 Å². The molecular formula is C4H9O2. The Morgan fingerprint density at radius 3 is 2.67 bits per heavy atom. The van der Waals surface area contributed by atoms with Gasteiger partial charge in [-0.15, -0.1) is 0 Å². The fourth-order valence-electron chi connectivity index (χ4n) is 0.171. The Balaban J connectivity index is 2.34. The van der Waals surface area contributed by atoms with Gasteiger partial charge >= 0.3 is 0 Å². The fraction of sp³-hybridized carbons (Fsp3) is 0.750. The molecule has 0 aromatic carbocycles. The zero-order valence-corrected chi connectivity index (χ0v) is 3.85. The lowest BCUT2D eigenvalue weighted by Crippen LogP contribution is -1.92. The van der Waals surface area contributed by atoms with E-state index in [1.807, 2.05) is 0 Å². The highest BCUT2D eigenvalue weighted by Crippen LogP contribution is 1.70. The van der Waals surface area contributed by atoms with Crippen molar-refractivity contribution in [1.82, 2.24) is 0 Å². The molecule has 0 bridgehead atoms. The first-order valence-electron chi connectivity index (χ1n) is 1.83. The number of rotatable bonds is 3. The van der Waals surface area contributed by atoms with Gasteiger partial charge in [0.2, 0.25) is 0 Å². The van der Waals surface area contributed by atoms with E-state index in [0.29, 0.717) is 6.61 Å². The number of aliphatic hydroxyl groups excluding tert-OH is 1. The summed E-state index contributed by atoms with van der Waals surface area (Å²) in [5, 5.41) is 8.06. The molecule has 0 aromatic heterocycles. The Hall–Kier alpha value is -0.0800. The van der Waals surface area contributed by atoms with Gasteiger partial charge in [-0.2, -0.15) is 0 Å². The van der Waals surface area contributed by atoms with Crippen molar-refractivity contribution >= 4 is 0 Å². The molecule has 0 unspecified atom stereocenters. The van der Waals surface area contributed by atoms with E-state index in [2.05, 4.69) is 4.74 Å². The van der Waals surface area contributed by atoms with Crippen LogP contribution >= 0.6 is 0 Å². The monoisotopic (exact) mass is 89.1 g/mol. The molecule has 0 saturated heterocycles. The molecule has 37 valence electrons. The van der Waals surface area contributed by atoms with E-state index in [0.717, 1.165) is 0 Å². The minimum absolute atomic E-state index is 0.105. The van der Waals surface area contributed by atoms with Crippen molar-refractivity contribution in [2.24, 2.45) is 0 Å². The highest BCUT2D eigenvalue weighted by atomic mass is 16.5. The summed E-state index contributed by atoms with van der Waals surface area (Å²) in [6.45, 7) is 0.643. The van der Waals surface area contributed by atoms with Gasteiger partial charge in [-0.05, 0) is 0 Å². The van der Waals surface area contributed by atoms with Crippen LogP contribution in [-0.4, -0.2) is 25.4 Å². The summed E-state index contributed by atoms with van der Waals surface area (Å²) in [5.74, 6) is 0. The standard InChI is InChI=1S/C4H9O2/c1-6-4-2-3-5/h2,5H,3-4H2,1H3. The SMILES string of the molecule is COC[CH]CO. The van der Waals surface area contributed by atoms with Gasteiger partial charge in [-0.1, -0.05) is 0 Å². The van der Waals surface area contributed by atoms with Crippen LogP contribution in [0.5, 0.6) is 0 Å². The maximum Gasteiger partial charge on any atom is 0.0516 e. The second-order valence-electron chi connectivity index (χ2n) is 0.927. The Bertz CT molecular complexity index is 17.5. The Labute approximate surface area is 37.7 Å². The summed E-state index contributed by atoms with van der Waals surface area (Å²) in [6.07, 6.45) is 1.64. The molecule has 0 atom stereocenters. The fourth-order valence-corrected chi connectivity index (χ4v) is 0.171. The number of methoxy groups -OCH3 is 1. The van der Waals surface area contributed by atoms with Gasteiger partial charge in [0, 0.05) is 20.1 Å². The van der Waals surface area contributed by atoms with Gasteiger partial charge in [-0.25, -0.2) is 0 Å². The smallest absolute Gasteiger partial charge is 0.0516 e. The molecule has 0 spiro atoms. The van der Waals surface area contributed by atoms with E-state index in [9.17, 15) is 0 Å². The molecule has 0 aliphatic rings. The molecule has 1 radical (unpaired) electrons. The summed E-state index contributed by atoms with van der Waals surface area (Å²) >= 11 is 0. The molecule has 2 heteroatoms. The third-order valence-electron chi connectivity index (χ3n) is 0.414. The van der Waals surface area contributed by atoms with Crippen LogP contribution in [0.25, 0.3) is 0 Å². The van der Waals surface area contributed by atoms with Crippen LogP contribution in [0.15, 0.2) is 0 Å². The Morgan fingerprint density at radius 1 is 1.83 bits per heavy atom. The number of aliphatic hydroxyl groups is 1. The first-order chi connectivity index (χ1) is 2.91. The zero-order valence-electron chi connectivity index (χ0n) is 3.85. The van der Waals surface area contributed by atoms with Gasteiger partial charge in [-0.3, -0.25) is 0 Å². The van der Waals surface area contributed by atoms with E-state index in [-0.39, 0.29) is 6.61 Å². The first-order valence-corrected chi connectivity index (χ1v) is 1.83. The molecule has 2 nitrogen and oxygen atoms in total. The summed E-state index contributed by atoms with van der Waals surface area (Å²) in [5.41, 5.74) is 0. The highest BCUT2D eigenvalue weighted by Gasteiger charge is 1.76. The van der Waals surface area contributed by atoms with Crippen molar-refractivity contribution in [2.75, 3.05) is 20.3 Å². The van der Waals surface area contributed by atoms with Crippen LogP contribution in [0, 0.1) is 6.42 Å². The zero-order chi connectivity index (χ0) is 4.83. The van der Waals surface area contributed by atoms with Gasteiger partial charge < -0.3 is 9.84 Å². The largest absolute Gasteiger partial charge is 0.396 e. The Morgan fingerprint density at radius 2 is 2.50 bits per heavy atom. The van der Waals surface area contributed by atoms with Crippen molar-refractivity contribution in [3.63, 3.8) is 0 Å². The lowest BCUT2D eigenvalue weighted by Gasteiger charge is -1.88. The third kappa shape index (κ3) is 3.92. The van der Waals surface area contributed by atoms with E-state index >= 15 is 0 Å². The summed E-state index contributed by atoms with van der Waals surface area (Å²) in [4.78, 5) is 0. The average Bonchev–Trinajstić information content (AvgIpc) is 1.61. The first kappa shape index (κ1) is 5.92. The molecule has 0 aliphatic heterocycles. The molecule has 0 fully saturated rings.